The van der Waals surface area contributed by atoms with Crippen molar-refractivity contribution in [2.45, 2.75) is 19.3 Å². The zero-order chi connectivity index (χ0) is 12.3. The molecule has 0 spiro atoms. The fraction of sp³-hybridized carbons (Fsp3) is 0.333. The molecule has 4 nitrogen and oxygen atoms in total. The Morgan fingerprint density at radius 1 is 1.47 bits per heavy atom. The molecule has 1 aromatic heterocycles. The molecule has 1 atom stereocenters. The molecule has 0 amide bonds. The summed E-state index contributed by atoms with van der Waals surface area (Å²) < 4.78 is 6.24. The summed E-state index contributed by atoms with van der Waals surface area (Å²) in [6.07, 6.45) is 0.847. The third kappa shape index (κ3) is 2.92. The van der Waals surface area contributed by atoms with Gasteiger partial charge >= 0.3 is 0 Å². The number of aromatic nitrogens is 2. The van der Waals surface area contributed by atoms with Crippen molar-refractivity contribution < 1.29 is 4.52 Å². The van der Waals surface area contributed by atoms with Crippen molar-refractivity contribution in [3.63, 3.8) is 0 Å². The molecule has 2 N–H and O–H groups in total. The van der Waals surface area contributed by atoms with Crippen LogP contribution in [-0.2, 0) is 0 Å². The second kappa shape index (κ2) is 5.42. The van der Waals surface area contributed by atoms with Gasteiger partial charge in [0, 0.05) is 16.0 Å². The third-order valence-corrected chi connectivity index (χ3v) is 3.04. The summed E-state index contributed by atoms with van der Waals surface area (Å²) in [5, 5.41) is 3.98. The van der Waals surface area contributed by atoms with Gasteiger partial charge in [0.25, 0.3) is 0 Å². The predicted octanol–water partition coefficient (Wildman–Crippen LogP) is 2.95. The Morgan fingerprint density at radius 2 is 2.29 bits per heavy atom. The Kier molecular flexibility index (Phi) is 3.91. The molecule has 0 radical (unpaired) electrons. The maximum absolute atomic E-state index is 5.51. The molecule has 0 aliphatic heterocycles. The lowest BCUT2D eigenvalue weighted by molar-refractivity contribution is 0.355. The van der Waals surface area contributed by atoms with Crippen molar-refractivity contribution in [3.8, 4) is 11.4 Å². The molecule has 90 valence electrons. The Hall–Kier alpha value is -1.20. The Morgan fingerprint density at radius 3 is 3.00 bits per heavy atom. The Balaban J connectivity index is 2.23. The van der Waals surface area contributed by atoms with Crippen LogP contribution in [0.1, 0.15) is 25.2 Å². The highest BCUT2D eigenvalue weighted by molar-refractivity contribution is 9.10. The number of nitrogens with two attached hydrogens (primary N) is 1. The van der Waals surface area contributed by atoms with Crippen LogP contribution in [0.5, 0.6) is 0 Å². The van der Waals surface area contributed by atoms with E-state index >= 15 is 0 Å². The van der Waals surface area contributed by atoms with Gasteiger partial charge < -0.3 is 10.3 Å². The summed E-state index contributed by atoms with van der Waals surface area (Å²) in [7, 11) is 0. The number of benzene rings is 1. The van der Waals surface area contributed by atoms with E-state index in [9.17, 15) is 0 Å². The summed E-state index contributed by atoms with van der Waals surface area (Å²) in [4.78, 5) is 4.39. The first-order valence-electron chi connectivity index (χ1n) is 5.50. The molecule has 0 fully saturated rings. The standard InChI is InChI=1S/C12H14BrN3O/c1-8(5-6-14)12-15-11(16-17-12)9-3-2-4-10(13)7-9/h2-4,7-8H,5-6,14H2,1H3. The van der Waals surface area contributed by atoms with Crippen LogP contribution >= 0.6 is 15.9 Å². The predicted molar refractivity (Wildman–Crippen MR) is 69.5 cm³/mol. The summed E-state index contributed by atoms with van der Waals surface area (Å²) in [6, 6.07) is 7.82. The van der Waals surface area contributed by atoms with Crippen LogP contribution < -0.4 is 5.73 Å². The average Bonchev–Trinajstić information content (AvgIpc) is 2.78. The van der Waals surface area contributed by atoms with E-state index in [1.54, 1.807) is 0 Å². The second-order valence-corrected chi connectivity index (χ2v) is 4.86. The minimum atomic E-state index is 0.202. The zero-order valence-electron chi connectivity index (χ0n) is 9.56. The highest BCUT2D eigenvalue weighted by atomic mass is 79.9. The summed E-state index contributed by atoms with van der Waals surface area (Å²) >= 11 is 3.42. The molecule has 2 rings (SSSR count). The lowest BCUT2D eigenvalue weighted by Gasteiger charge is -2.01. The molecule has 0 saturated heterocycles. The molecule has 0 aliphatic carbocycles. The first-order chi connectivity index (χ1) is 8.20. The average molecular weight is 296 g/mol. The molecule has 1 unspecified atom stereocenters. The molecular formula is C12H14BrN3O. The van der Waals surface area contributed by atoms with Gasteiger partial charge in [0.2, 0.25) is 11.7 Å². The van der Waals surface area contributed by atoms with Crippen molar-refractivity contribution in [1.29, 1.82) is 0 Å². The Bertz CT molecular complexity index is 498. The van der Waals surface area contributed by atoms with E-state index in [1.165, 1.54) is 0 Å². The maximum atomic E-state index is 5.51. The van der Waals surface area contributed by atoms with Gasteiger partial charge in [-0.3, -0.25) is 0 Å². The molecule has 1 aromatic carbocycles. The van der Waals surface area contributed by atoms with Crippen molar-refractivity contribution in [2.75, 3.05) is 6.54 Å². The molecule has 0 saturated carbocycles. The first kappa shape index (κ1) is 12.3. The fourth-order valence-corrected chi connectivity index (χ4v) is 1.95. The maximum Gasteiger partial charge on any atom is 0.229 e. The fourth-order valence-electron chi connectivity index (χ4n) is 1.55. The number of nitrogens with zero attached hydrogens (tertiary/aromatic N) is 2. The minimum Gasteiger partial charge on any atom is -0.339 e. The van der Waals surface area contributed by atoms with Crippen LogP contribution in [0.15, 0.2) is 33.3 Å². The van der Waals surface area contributed by atoms with Gasteiger partial charge in [0.15, 0.2) is 0 Å². The number of halogens is 1. The van der Waals surface area contributed by atoms with E-state index in [1.807, 2.05) is 31.2 Å². The van der Waals surface area contributed by atoms with Crippen molar-refractivity contribution in [1.82, 2.24) is 10.1 Å². The van der Waals surface area contributed by atoms with Crippen LogP contribution in [-0.4, -0.2) is 16.7 Å². The molecule has 0 aliphatic rings. The van der Waals surface area contributed by atoms with Crippen molar-refractivity contribution in [2.24, 2.45) is 5.73 Å². The highest BCUT2D eigenvalue weighted by Gasteiger charge is 2.14. The lowest BCUT2D eigenvalue weighted by atomic mass is 10.1. The molecule has 17 heavy (non-hydrogen) atoms. The quantitative estimate of drug-likeness (QED) is 0.942. The third-order valence-electron chi connectivity index (χ3n) is 2.55. The zero-order valence-corrected chi connectivity index (χ0v) is 11.1. The van der Waals surface area contributed by atoms with E-state index in [0.29, 0.717) is 18.3 Å². The Labute approximate surface area is 108 Å². The summed E-state index contributed by atoms with van der Waals surface area (Å²) in [5.74, 6) is 1.46. The smallest absolute Gasteiger partial charge is 0.229 e. The molecule has 0 bridgehead atoms. The number of hydrogen-bond donors (Lipinski definition) is 1. The van der Waals surface area contributed by atoms with Crippen LogP contribution in [0.3, 0.4) is 0 Å². The van der Waals surface area contributed by atoms with E-state index in [4.69, 9.17) is 10.3 Å². The van der Waals surface area contributed by atoms with Crippen LogP contribution in [0.4, 0.5) is 0 Å². The van der Waals surface area contributed by atoms with Gasteiger partial charge in [0.1, 0.15) is 0 Å². The van der Waals surface area contributed by atoms with Crippen LogP contribution in [0.25, 0.3) is 11.4 Å². The van der Waals surface area contributed by atoms with Gasteiger partial charge in [-0.05, 0) is 25.1 Å². The van der Waals surface area contributed by atoms with Gasteiger partial charge in [-0.25, -0.2) is 0 Å². The highest BCUT2D eigenvalue weighted by Crippen LogP contribution is 2.23. The van der Waals surface area contributed by atoms with E-state index in [0.717, 1.165) is 16.5 Å². The van der Waals surface area contributed by atoms with E-state index in [-0.39, 0.29) is 5.92 Å². The SMILES string of the molecule is CC(CCN)c1nc(-c2cccc(Br)c2)no1. The van der Waals surface area contributed by atoms with Gasteiger partial charge in [-0.1, -0.05) is 40.1 Å². The first-order valence-corrected chi connectivity index (χ1v) is 6.29. The minimum absolute atomic E-state index is 0.202. The topological polar surface area (TPSA) is 64.9 Å². The largest absolute Gasteiger partial charge is 0.339 e. The van der Waals surface area contributed by atoms with Crippen LogP contribution in [0, 0.1) is 0 Å². The van der Waals surface area contributed by atoms with Crippen LogP contribution in [0.2, 0.25) is 0 Å². The number of hydrogen-bond acceptors (Lipinski definition) is 4. The normalized spacial score (nSPS) is 12.6. The van der Waals surface area contributed by atoms with Crippen molar-refractivity contribution >= 4 is 15.9 Å². The van der Waals surface area contributed by atoms with E-state index in [2.05, 4.69) is 26.1 Å². The molecule has 1 heterocycles. The number of rotatable bonds is 4. The molecule has 2 aromatic rings. The van der Waals surface area contributed by atoms with E-state index < -0.39 is 0 Å². The van der Waals surface area contributed by atoms with Gasteiger partial charge in [-0.2, -0.15) is 4.98 Å². The monoisotopic (exact) mass is 295 g/mol. The van der Waals surface area contributed by atoms with Gasteiger partial charge in [-0.15, -0.1) is 0 Å². The lowest BCUT2D eigenvalue weighted by Crippen LogP contribution is -2.04. The van der Waals surface area contributed by atoms with Gasteiger partial charge in [0.05, 0.1) is 0 Å². The second-order valence-electron chi connectivity index (χ2n) is 3.94. The molecule has 5 heteroatoms. The van der Waals surface area contributed by atoms with Crippen molar-refractivity contribution in [3.05, 3.63) is 34.6 Å². The summed E-state index contributed by atoms with van der Waals surface area (Å²) in [6.45, 7) is 2.65. The summed E-state index contributed by atoms with van der Waals surface area (Å²) in [5.41, 5.74) is 6.45. The molecular weight excluding hydrogens is 282 g/mol.